The number of carbonyl (C=O) groups is 1. The van der Waals surface area contributed by atoms with Crippen molar-refractivity contribution in [3.8, 4) is 17.6 Å². The van der Waals surface area contributed by atoms with E-state index in [4.69, 9.17) is 25.8 Å². The largest absolute Gasteiger partial charge is 0.493 e. The molecule has 3 unspecified atom stereocenters. The number of aliphatic imine (C=N–C) groups is 1. The van der Waals surface area contributed by atoms with Crippen molar-refractivity contribution >= 4 is 23.3 Å². The first-order chi connectivity index (χ1) is 18.8. The van der Waals surface area contributed by atoms with Crippen molar-refractivity contribution in [2.75, 3.05) is 32.9 Å². The third-order valence-corrected chi connectivity index (χ3v) is 6.64. The molecule has 0 bridgehead atoms. The first-order valence-corrected chi connectivity index (χ1v) is 13.5. The summed E-state index contributed by atoms with van der Waals surface area (Å²) in [6, 6.07) is 16.6. The maximum absolute atomic E-state index is 13.1. The summed E-state index contributed by atoms with van der Waals surface area (Å²) in [5, 5.41) is 23.4. The minimum Gasteiger partial charge on any atom is -0.493 e. The summed E-state index contributed by atoms with van der Waals surface area (Å²) in [7, 11) is 0. The fourth-order valence-corrected chi connectivity index (χ4v) is 4.61. The number of halogens is 1. The van der Waals surface area contributed by atoms with Gasteiger partial charge in [-0.1, -0.05) is 36.7 Å². The van der Waals surface area contributed by atoms with Gasteiger partial charge in [0.1, 0.15) is 24.2 Å². The van der Waals surface area contributed by atoms with E-state index < -0.39 is 23.9 Å². The van der Waals surface area contributed by atoms with Gasteiger partial charge in [0.25, 0.3) is 0 Å². The van der Waals surface area contributed by atoms with Crippen LogP contribution in [0.15, 0.2) is 64.8 Å². The Hall–Kier alpha value is -3.38. The average molecular weight is 554 g/mol. The van der Waals surface area contributed by atoms with Crippen LogP contribution in [0.4, 0.5) is 0 Å². The molecule has 8 nitrogen and oxygen atoms in total. The minimum absolute atomic E-state index is 0.149. The molecule has 2 aromatic rings. The molecule has 0 radical (unpaired) electrons. The van der Waals surface area contributed by atoms with Gasteiger partial charge < -0.3 is 24.6 Å². The third-order valence-electron chi connectivity index (χ3n) is 6.29. The van der Waals surface area contributed by atoms with Crippen LogP contribution in [0, 0.1) is 17.2 Å². The van der Waals surface area contributed by atoms with Crippen molar-refractivity contribution in [1.29, 1.82) is 5.26 Å². The Morgan fingerprint density at radius 3 is 2.49 bits per heavy atom. The minimum atomic E-state index is -0.618. The number of nitrogens with zero attached hydrogens (tertiary/aromatic N) is 2. The van der Waals surface area contributed by atoms with Gasteiger partial charge in [0, 0.05) is 35.3 Å². The normalized spacial score (nSPS) is 17.7. The van der Waals surface area contributed by atoms with Crippen LogP contribution < -0.4 is 14.8 Å². The zero-order valence-electron chi connectivity index (χ0n) is 22.7. The predicted octanol–water partition coefficient (Wildman–Crippen LogP) is 5.06. The van der Waals surface area contributed by atoms with Crippen molar-refractivity contribution in [3.63, 3.8) is 0 Å². The Bertz CT molecular complexity index is 1210. The molecule has 9 heteroatoms. The van der Waals surface area contributed by atoms with E-state index in [1.54, 1.807) is 44.2 Å². The molecule has 1 aliphatic rings. The highest BCUT2D eigenvalue weighted by Gasteiger charge is 2.38. The lowest BCUT2D eigenvalue weighted by atomic mass is 9.76. The maximum atomic E-state index is 13.1. The van der Waals surface area contributed by atoms with Crippen molar-refractivity contribution in [1.82, 2.24) is 5.32 Å². The molecule has 0 aliphatic carbocycles. The monoisotopic (exact) mass is 553 g/mol. The van der Waals surface area contributed by atoms with Crippen molar-refractivity contribution in [2.45, 2.75) is 45.6 Å². The number of carbonyl (C=O) groups excluding carboxylic acids is 1. The summed E-state index contributed by atoms with van der Waals surface area (Å²) in [6.45, 7) is 7.65. The van der Waals surface area contributed by atoms with Crippen LogP contribution in [-0.2, 0) is 9.53 Å². The molecule has 208 valence electrons. The van der Waals surface area contributed by atoms with E-state index in [9.17, 15) is 15.2 Å². The van der Waals surface area contributed by atoms with Gasteiger partial charge in [0.15, 0.2) is 0 Å². The lowest BCUT2D eigenvalue weighted by Crippen LogP contribution is -2.31. The standard InChI is InChI=1S/C30H36ClN3O5/c1-4-14-33-18-22(35)19-39-24-12-10-23(11-13-24)37-15-7-16-38-30(36)28-21(3)34-20(2)26(17-32)29(28)25-8-5-6-9-27(25)31/h5-6,8-13,22,26,29,33,35H,4,7,14-16,18-19H2,1-3H3. The Morgan fingerprint density at radius 2 is 1.82 bits per heavy atom. The van der Waals surface area contributed by atoms with Crippen LogP contribution >= 0.6 is 11.6 Å². The molecule has 1 heterocycles. The smallest absolute Gasteiger partial charge is 0.336 e. The number of esters is 1. The highest BCUT2D eigenvalue weighted by atomic mass is 35.5. The Morgan fingerprint density at radius 1 is 1.13 bits per heavy atom. The summed E-state index contributed by atoms with van der Waals surface area (Å²) < 4.78 is 16.9. The second kappa shape index (κ2) is 15.3. The zero-order valence-corrected chi connectivity index (χ0v) is 23.4. The van der Waals surface area contributed by atoms with E-state index in [0.717, 1.165) is 13.0 Å². The first kappa shape index (κ1) is 30.2. The lowest BCUT2D eigenvalue weighted by molar-refractivity contribution is -0.139. The van der Waals surface area contributed by atoms with Gasteiger partial charge in [-0.3, -0.25) is 4.99 Å². The van der Waals surface area contributed by atoms with Crippen molar-refractivity contribution in [2.24, 2.45) is 10.9 Å². The molecule has 3 rings (SSSR count). The molecule has 0 spiro atoms. The summed E-state index contributed by atoms with van der Waals surface area (Å²) in [6.07, 6.45) is 0.912. The molecule has 1 aliphatic heterocycles. The summed E-state index contributed by atoms with van der Waals surface area (Å²) in [4.78, 5) is 17.6. The predicted molar refractivity (Wildman–Crippen MR) is 151 cm³/mol. The van der Waals surface area contributed by atoms with E-state index >= 15 is 0 Å². The van der Waals surface area contributed by atoms with Crippen LogP contribution in [0.1, 0.15) is 45.1 Å². The first-order valence-electron chi connectivity index (χ1n) is 13.2. The van der Waals surface area contributed by atoms with Gasteiger partial charge in [-0.25, -0.2) is 4.79 Å². The van der Waals surface area contributed by atoms with Crippen LogP contribution in [0.5, 0.6) is 11.5 Å². The van der Waals surface area contributed by atoms with Gasteiger partial charge in [-0.2, -0.15) is 5.26 Å². The van der Waals surface area contributed by atoms with Gasteiger partial charge in [0.05, 0.1) is 30.8 Å². The number of nitrogens with one attached hydrogen (secondary N) is 1. The molecule has 0 saturated carbocycles. The number of allylic oxidation sites excluding steroid dienone is 1. The summed E-state index contributed by atoms with van der Waals surface area (Å²) in [5.74, 6) is -0.386. The van der Waals surface area contributed by atoms with E-state index in [0.29, 0.717) is 58.6 Å². The number of hydrogen-bond donors (Lipinski definition) is 2. The highest BCUT2D eigenvalue weighted by Crippen LogP contribution is 2.41. The van der Waals surface area contributed by atoms with E-state index in [-0.39, 0.29) is 13.2 Å². The van der Waals surface area contributed by atoms with Crippen LogP contribution in [0.3, 0.4) is 0 Å². The van der Waals surface area contributed by atoms with Crippen molar-refractivity contribution < 1.29 is 24.1 Å². The third kappa shape index (κ3) is 8.56. The van der Waals surface area contributed by atoms with Crippen LogP contribution in [0.25, 0.3) is 0 Å². The molecule has 0 aromatic heterocycles. The molecule has 0 saturated heterocycles. The fourth-order valence-electron chi connectivity index (χ4n) is 4.35. The fraction of sp³-hybridized carbons (Fsp3) is 0.433. The number of benzene rings is 2. The summed E-state index contributed by atoms with van der Waals surface area (Å²) in [5.41, 5.74) is 2.21. The van der Waals surface area contributed by atoms with Gasteiger partial charge in [-0.05, 0) is 62.7 Å². The number of aliphatic hydroxyl groups excluding tert-OH is 1. The topological polar surface area (TPSA) is 113 Å². The second-order valence-electron chi connectivity index (χ2n) is 9.34. The Labute approximate surface area is 235 Å². The maximum Gasteiger partial charge on any atom is 0.336 e. The molecule has 0 amide bonds. The van der Waals surface area contributed by atoms with Gasteiger partial charge in [-0.15, -0.1) is 0 Å². The molecule has 39 heavy (non-hydrogen) atoms. The van der Waals surface area contributed by atoms with Gasteiger partial charge in [0.2, 0.25) is 0 Å². The number of nitriles is 1. The highest BCUT2D eigenvalue weighted by molar-refractivity contribution is 6.31. The number of aliphatic hydroxyl groups is 1. The summed E-state index contributed by atoms with van der Waals surface area (Å²) >= 11 is 6.45. The number of hydrogen-bond acceptors (Lipinski definition) is 8. The lowest BCUT2D eigenvalue weighted by Gasteiger charge is -2.29. The van der Waals surface area contributed by atoms with E-state index in [1.165, 1.54) is 0 Å². The molecule has 2 aromatic carbocycles. The van der Waals surface area contributed by atoms with Crippen molar-refractivity contribution in [3.05, 3.63) is 70.4 Å². The molecular weight excluding hydrogens is 518 g/mol. The molecule has 2 N–H and O–H groups in total. The molecule has 0 fully saturated rings. The molecule has 3 atom stereocenters. The second-order valence-corrected chi connectivity index (χ2v) is 9.74. The average Bonchev–Trinajstić information content (AvgIpc) is 2.92. The zero-order chi connectivity index (χ0) is 28.2. The van der Waals surface area contributed by atoms with Gasteiger partial charge >= 0.3 is 5.97 Å². The number of ether oxygens (including phenoxy) is 3. The van der Waals surface area contributed by atoms with E-state index in [2.05, 4.69) is 23.3 Å². The quantitative estimate of drug-likeness (QED) is 0.248. The number of rotatable bonds is 14. The van der Waals surface area contributed by atoms with E-state index in [1.807, 2.05) is 18.2 Å². The Kier molecular flexibility index (Phi) is 11.8. The molecular formula is C30H36ClN3O5. The SMILES string of the molecule is CCCNCC(O)COc1ccc(OCCCOC(=O)C2=C(C)N=C(C)C(C#N)C2c2ccccc2Cl)cc1. The van der Waals surface area contributed by atoms with Crippen LogP contribution in [-0.4, -0.2) is 55.8 Å². The van der Waals surface area contributed by atoms with Crippen LogP contribution in [0.2, 0.25) is 5.02 Å². The Balaban J connectivity index is 1.49.